The quantitative estimate of drug-likeness (QED) is 0.599. The minimum absolute atomic E-state index is 0.0163. The summed E-state index contributed by atoms with van der Waals surface area (Å²) in [7, 11) is 2.27. The summed E-state index contributed by atoms with van der Waals surface area (Å²) in [5.74, 6) is 0.386. The minimum Gasteiger partial charge on any atom is -0.456 e. The molecule has 3 heteroatoms. The predicted molar refractivity (Wildman–Crippen MR) is 96.7 cm³/mol. The zero-order valence-corrected chi connectivity index (χ0v) is 15.2. The SMILES string of the molecule is CC[N+]1(C)CCC(OC(=O)C(c2ccccc2)C2CCCCC2)C1. The maximum absolute atomic E-state index is 13.1. The molecule has 0 aromatic heterocycles. The van der Waals surface area contributed by atoms with Crippen LogP contribution in [-0.2, 0) is 9.53 Å². The van der Waals surface area contributed by atoms with Crippen LogP contribution in [0.3, 0.4) is 0 Å². The molecular weight excluding hydrogens is 298 g/mol. The third-order valence-corrected chi connectivity index (χ3v) is 6.22. The van der Waals surface area contributed by atoms with Crippen molar-refractivity contribution in [2.75, 3.05) is 26.7 Å². The number of esters is 1. The summed E-state index contributed by atoms with van der Waals surface area (Å²) in [6.07, 6.45) is 7.21. The van der Waals surface area contributed by atoms with Crippen LogP contribution in [-0.4, -0.2) is 43.2 Å². The van der Waals surface area contributed by atoms with E-state index in [1.54, 1.807) is 0 Å². The first-order valence-corrected chi connectivity index (χ1v) is 9.70. The van der Waals surface area contributed by atoms with E-state index in [1.165, 1.54) is 19.3 Å². The lowest BCUT2D eigenvalue weighted by Crippen LogP contribution is -2.42. The molecule has 3 rings (SSSR count). The first-order valence-electron chi connectivity index (χ1n) is 9.70. The van der Waals surface area contributed by atoms with Gasteiger partial charge in [0.15, 0.2) is 6.10 Å². The molecule has 1 aromatic carbocycles. The van der Waals surface area contributed by atoms with Gasteiger partial charge in [0.2, 0.25) is 0 Å². The van der Waals surface area contributed by atoms with Gasteiger partial charge >= 0.3 is 5.97 Å². The molecule has 0 N–H and O–H groups in total. The van der Waals surface area contributed by atoms with Crippen LogP contribution in [0.25, 0.3) is 0 Å². The highest BCUT2D eigenvalue weighted by Gasteiger charge is 2.38. The Bertz CT molecular complexity index is 538. The summed E-state index contributed by atoms with van der Waals surface area (Å²) < 4.78 is 7.05. The summed E-state index contributed by atoms with van der Waals surface area (Å²) in [6, 6.07) is 10.3. The second-order valence-corrected chi connectivity index (χ2v) is 7.98. The van der Waals surface area contributed by atoms with Crippen LogP contribution in [0.1, 0.15) is 56.9 Å². The zero-order chi connectivity index (χ0) is 17.0. The number of likely N-dealkylation sites (N-methyl/N-ethyl adjacent to an activating group) is 1. The van der Waals surface area contributed by atoms with Gasteiger partial charge < -0.3 is 9.22 Å². The number of ether oxygens (including phenoxy) is 1. The number of rotatable bonds is 5. The van der Waals surface area contributed by atoms with Gasteiger partial charge in [-0.05, 0) is 31.2 Å². The van der Waals surface area contributed by atoms with Gasteiger partial charge in [0.05, 0.1) is 26.1 Å². The normalized spacial score (nSPS) is 29.3. The molecule has 1 aliphatic carbocycles. The topological polar surface area (TPSA) is 26.3 Å². The Morgan fingerprint density at radius 3 is 2.50 bits per heavy atom. The van der Waals surface area contributed by atoms with Crippen molar-refractivity contribution in [1.29, 1.82) is 0 Å². The van der Waals surface area contributed by atoms with E-state index in [1.807, 2.05) is 18.2 Å². The van der Waals surface area contributed by atoms with Crippen LogP contribution < -0.4 is 0 Å². The second-order valence-electron chi connectivity index (χ2n) is 7.98. The average Bonchev–Trinajstić information content (AvgIpc) is 2.98. The zero-order valence-electron chi connectivity index (χ0n) is 15.2. The van der Waals surface area contributed by atoms with Gasteiger partial charge in [-0.1, -0.05) is 49.6 Å². The summed E-state index contributed by atoms with van der Waals surface area (Å²) in [4.78, 5) is 13.1. The molecule has 132 valence electrons. The van der Waals surface area contributed by atoms with Crippen LogP contribution >= 0.6 is 0 Å². The van der Waals surface area contributed by atoms with E-state index < -0.39 is 0 Å². The van der Waals surface area contributed by atoms with Gasteiger partial charge in [-0.2, -0.15) is 0 Å². The molecular formula is C21H32NO2+. The van der Waals surface area contributed by atoms with Gasteiger partial charge in [-0.25, -0.2) is 0 Å². The Balaban J connectivity index is 1.72. The highest BCUT2D eigenvalue weighted by Crippen LogP contribution is 2.37. The van der Waals surface area contributed by atoms with Gasteiger partial charge in [0.1, 0.15) is 6.54 Å². The van der Waals surface area contributed by atoms with Gasteiger partial charge in [0, 0.05) is 6.42 Å². The fraction of sp³-hybridized carbons (Fsp3) is 0.667. The lowest BCUT2D eigenvalue weighted by atomic mass is 9.77. The summed E-state index contributed by atoms with van der Waals surface area (Å²) in [5, 5.41) is 0. The Morgan fingerprint density at radius 2 is 1.88 bits per heavy atom. The minimum atomic E-state index is -0.0764. The number of nitrogens with zero attached hydrogens (tertiary/aromatic N) is 1. The Labute approximate surface area is 146 Å². The lowest BCUT2D eigenvalue weighted by Gasteiger charge is -2.30. The smallest absolute Gasteiger partial charge is 0.314 e. The van der Waals surface area contributed by atoms with Crippen molar-refractivity contribution in [3.63, 3.8) is 0 Å². The van der Waals surface area contributed by atoms with E-state index in [4.69, 9.17) is 4.74 Å². The van der Waals surface area contributed by atoms with Crippen LogP contribution in [0.15, 0.2) is 30.3 Å². The molecule has 2 fully saturated rings. The molecule has 1 heterocycles. The molecule has 1 aromatic rings. The van der Waals surface area contributed by atoms with E-state index in [0.717, 1.165) is 48.9 Å². The number of benzene rings is 1. The fourth-order valence-corrected chi connectivity index (χ4v) is 4.48. The van der Waals surface area contributed by atoms with Crippen molar-refractivity contribution in [3.05, 3.63) is 35.9 Å². The molecule has 0 amide bonds. The van der Waals surface area contributed by atoms with Gasteiger partial charge in [-0.3, -0.25) is 4.79 Å². The van der Waals surface area contributed by atoms with Crippen molar-refractivity contribution in [3.8, 4) is 0 Å². The van der Waals surface area contributed by atoms with E-state index in [9.17, 15) is 4.79 Å². The fourth-order valence-electron chi connectivity index (χ4n) is 4.48. The molecule has 1 saturated carbocycles. The van der Waals surface area contributed by atoms with Crippen LogP contribution in [0.4, 0.5) is 0 Å². The number of carbonyl (C=O) groups excluding carboxylic acids is 1. The van der Waals surface area contributed by atoms with Crippen molar-refractivity contribution in [1.82, 2.24) is 0 Å². The largest absolute Gasteiger partial charge is 0.456 e. The number of carbonyl (C=O) groups is 1. The van der Waals surface area contributed by atoms with E-state index in [-0.39, 0.29) is 18.0 Å². The third-order valence-electron chi connectivity index (χ3n) is 6.22. The molecule has 24 heavy (non-hydrogen) atoms. The molecule has 0 spiro atoms. The number of likely N-dealkylation sites (tertiary alicyclic amines) is 1. The van der Waals surface area contributed by atoms with Crippen molar-refractivity contribution in [2.45, 2.75) is 57.5 Å². The third kappa shape index (κ3) is 4.00. The van der Waals surface area contributed by atoms with E-state index in [2.05, 4.69) is 26.1 Å². The first kappa shape index (κ1) is 17.5. The van der Waals surface area contributed by atoms with Crippen LogP contribution in [0, 0.1) is 5.92 Å². The molecule has 2 aliphatic rings. The average molecular weight is 330 g/mol. The highest BCUT2D eigenvalue weighted by atomic mass is 16.5. The maximum Gasteiger partial charge on any atom is 0.314 e. The molecule has 3 unspecified atom stereocenters. The number of quaternary nitrogens is 1. The summed E-state index contributed by atoms with van der Waals surface area (Å²) in [6.45, 7) is 5.42. The molecule has 1 aliphatic heterocycles. The number of hydrogen-bond donors (Lipinski definition) is 0. The van der Waals surface area contributed by atoms with Crippen molar-refractivity contribution >= 4 is 5.97 Å². The molecule has 3 atom stereocenters. The number of hydrogen-bond acceptors (Lipinski definition) is 2. The Hall–Kier alpha value is -1.35. The van der Waals surface area contributed by atoms with Crippen molar-refractivity contribution in [2.24, 2.45) is 5.92 Å². The molecule has 3 nitrogen and oxygen atoms in total. The second kappa shape index (κ2) is 7.69. The molecule has 1 saturated heterocycles. The molecule has 0 radical (unpaired) electrons. The summed E-state index contributed by atoms with van der Waals surface area (Å²) >= 11 is 0. The highest BCUT2D eigenvalue weighted by molar-refractivity contribution is 5.78. The lowest BCUT2D eigenvalue weighted by molar-refractivity contribution is -0.897. The Morgan fingerprint density at radius 1 is 1.17 bits per heavy atom. The standard InChI is InChI=1S/C21H32NO2/c1-3-22(2)15-14-19(16-22)24-21(23)20(17-10-6-4-7-11-17)18-12-8-5-9-13-18/h4,6-7,10-11,18-20H,3,5,8-9,12-16H2,1-2H3/q+1. The van der Waals surface area contributed by atoms with E-state index >= 15 is 0 Å². The van der Waals surface area contributed by atoms with Gasteiger partial charge in [-0.15, -0.1) is 0 Å². The van der Waals surface area contributed by atoms with Crippen LogP contribution in [0.2, 0.25) is 0 Å². The van der Waals surface area contributed by atoms with E-state index in [0.29, 0.717) is 5.92 Å². The maximum atomic E-state index is 13.1. The predicted octanol–water partition coefficient (Wildman–Crippen LogP) is 4.13. The first-order chi connectivity index (χ1) is 11.6. The molecule has 0 bridgehead atoms. The van der Waals surface area contributed by atoms with Gasteiger partial charge in [0.25, 0.3) is 0 Å². The van der Waals surface area contributed by atoms with Crippen LogP contribution in [0.5, 0.6) is 0 Å². The Kier molecular flexibility index (Phi) is 5.60. The van der Waals surface area contributed by atoms with Crippen molar-refractivity contribution < 1.29 is 14.0 Å². The summed E-state index contributed by atoms with van der Waals surface area (Å²) in [5.41, 5.74) is 1.14. The monoisotopic (exact) mass is 330 g/mol.